The Hall–Kier alpha value is -2.18. The van der Waals surface area contributed by atoms with E-state index in [9.17, 15) is 0 Å². The van der Waals surface area contributed by atoms with Crippen LogP contribution in [-0.2, 0) is 0 Å². The summed E-state index contributed by atoms with van der Waals surface area (Å²) in [7, 11) is 0. The molecule has 0 atom stereocenters. The minimum Gasteiger partial charge on any atom is -0.399 e. The Morgan fingerprint density at radius 3 is 2.62 bits per heavy atom. The number of hydrogen-bond acceptors (Lipinski definition) is 6. The van der Waals surface area contributed by atoms with Crippen LogP contribution in [0.2, 0.25) is 0 Å². The number of rotatable bonds is 2. The minimum absolute atomic E-state index is 0.773. The molecule has 4 rings (SSSR count). The average Bonchev–Trinajstić information content (AvgIpc) is 3.01. The zero-order chi connectivity index (χ0) is 14.4. The number of benzene rings is 2. The molecule has 0 aliphatic carbocycles. The van der Waals surface area contributed by atoms with Gasteiger partial charge in [0.15, 0.2) is 10.3 Å². The van der Waals surface area contributed by atoms with Gasteiger partial charge in [0.2, 0.25) is 0 Å². The van der Waals surface area contributed by atoms with E-state index in [1.54, 1.807) is 22.7 Å². The molecule has 0 radical (unpaired) electrons. The van der Waals surface area contributed by atoms with E-state index in [2.05, 4.69) is 21.4 Å². The van der Waals surface area contributed by atoms with Gasteiger partial charge in [0.1, 0.15) is 0 Å². The average molecular weight is 312 g/mol. The largest absolute Gasteiger partial charge is 0.399 e. The number of aryl methyl sites for hydroxylation is 1. The summed E-state index contributed by atoms with van der Waals surface area (Å²) < 4.78 is 2.26. The number of anilines is 3. The first kappa shape index (κ1) is 12.6. The van der Waals surface area contributed by atoms with Crippen molar-refractivity contribution in [3.63, 3.8) is 0 Å². The van der Waals surface area contributed by atoms with E-state index in [-0.39, 0.29) is 0 Å². The molecule has 0 bridgehead atoms. The highest BCUT2D eigenvalue weighted by molar-refractivity contribution is 7.24. The summed E-state index contributed by atoms with van der Waals surface area (Å²) in [5, 5.41) is 5.01. The molecule has 104 valence electrons. The van der Waals surface area contributed by atoms with Gasteiger partial charge < -0.3 is 11.1 Å². The molecule has 2 heterocycles. The van der Waals surface area contributed by atoms with Crippen LogP contribution in [0.3, 0.4) is 0 Å². The topological polar surface area (TPSA) is 63.8 Å². The monoisotopic (exact) mass is 312 g/mol. The first-order valence-corrected chi connectivity index (χ1v) is 8.11. The van der Waals surface area contributed by atoms with Crippen LogP contribution >= 0.6 is 22.7 Å². The SMILES string of the molecule is Cc1cc(N)cc2sc(Nc3nc4ccccc4s3)nc12. The summed E-state index contributed by atoms with van der Waals surface area (Å²) in [6.07, 6.45) is 0. The van der Waals surface area contributed by atoms with Gasteiger partial charge in [-0.05, 0) is 36.8 Å². The molecule has 6 heteroatoms. The van der Waals surface area contributed by atoms with E-state index in [0.717, 1.165) is 37.2 Å². The van der Waals surface area contributed by atoms with E-state index in [4.69, 9.17) is 5.73 Å². The summed E-state index contributed by atoms with van der Waals surface area (Å²) in [6, 6.07) is 12.0. The number of hydrogen-bond donors (Lipinski definition) is 2. The lowest BCUT2D eigenvalue weighted by atomic mass is 10.2. The number of nitrogens with zero attached hydrogens (tertiary/aromatic N) is 2. The smallest absolute Gasteiger partial charge is 0.190 e. The molecule has 0 saturated heterocycles. The van der Waals surface area contributed by atoms with E-state index in [1.807, 2.05) is 37.3 Å². The standard InChI is InChI=1S/C15H12N4S2/c1-8-6-9(16)7-12-13(8)18-15(21-12)19-14-17-10-4-2-3-5-11(10)20-14/h2-7H,16H2,1H3,(H,17,18,19). The third-order valence-electron chi connectivity index (χ3n) is 3.22. The third-order valence-corrected chi connectivity index (χ3v) is 5.09. The molecule has 2 aromatic heterocycles. The number of nitrogens with one attached hydrogen (secondary N) is 1. The van der Waals surface area contributed by atoms with Crippen LogP contribution in [0.25, 0.3) is 20.4 Å². The Morgan fingerprint density at radius 1 is 1.00 bits per heavy atom. The molecule has 2 aromatic carbocycles. The zero-order valence-electron chi connectivity index (χ0n) is 11.3. The Balaban J connectivity index is 1.75. The van der Waals surface area contributed by atoms with Gasteiger partial charge in [0.25, 0.3) is 0 Å². The highest BCUT2D eigenvalue weighted by atomic mass is 32.1. The Bertz CT molecular complexity index is 922. The number of thiazole rings is 2. The van der Waals surface area contributed by atoms with Gasteiger partial charge in [0.05, 0.1) is 20.4 Å². The van der Waals surface area contributed by atoms with Crippen molar-refractivity contribution in [3.05, 3.63) is 42.0 Å². The summed E-state index contributed by atoms with van der Waals surface area (Å²) in [4.78, 5) is 9.20. The third kappa shape index (κ3) is 2.22. The van der Waals surface area contributed by atoms with E-state index in [0.29, 0.717) is 0 Å². The second-order valence-electron chi connectivity index (χ2n) is 4.82. The second kappa shape index (κ2) is 4.68. The summed E-state index contributed by atoms with van der Waals surface area (Å²) in [5.41, 5.74) is 9.76. The number of nitrogen functional groups attached to an aromatic ring is 1. The number of fused-ring (bicyclic) bond motifs is 2. The van der Waals surface area contributed by atoms with Crippen molar-refractivity contribution < 1.29 is 0 Å². The van der Waals surface area contributed by atoms with Crippen LogP contribution in [0.15, 0.2) is 36.4 Å². The molecule has 4 nitrogen and oxygen atoms in total. The lowest BCUT2D eigenvalue weighted by Crippen LogP contribution is -1.88. The molecule has 4 aromatic rings. The van der Waals surface area contributed by atoms with Crippen molar-refractivity contribution in [1.82, 2.24) is 9.97 Å². The molecule has 0 aliphatic heterocycles. The maximum atomic E-state index is 5.89. The van der Waals surface area contributed by atoms with Crippen LogP contribution < -0.4 is 11.1 Å². The van der Waals surface area contributed by atoms with Gasteiger partial charge >= 0.3 is 0 Å². The van der Waals surface area contributed by atoms with Gasteiger partial charge in [-0.1, -0.05) is 34.8 Å². The molecule has 0 saturated carbocycles. The molecule has 0 fully saturated rings. The second-order valence-corrected chi connectivity index (χ2v) is 6.88. The molecule has 3 N–H and O–H groups in total. The maximum absolute atomic E-state index is 5.89. The predicted octanol–water partition coefficient (Wildman–Crippen LogP) is 4.54. The van der Waals surface area contributed by atoms with Gasteiger partial charge in [-0.3, -0.25) is 0 Å². The van der Waals surface area contributed by atoms with Crippen molar-refractivity contribution in [2.75, 3.05) is 11.1 Å². The summed E-state index contributed by atoms with van der Waals surface area (Å²) in [6.45, 7) is 2.03. The molecule has 0 spiro atoms. The van der Waals surface area contributed by atoms with Crippen molar-refractivity contribution in [1.29, 1.82) is 0 Å². The lowest BCUT2D eigenvalue weighted by molar-refractivity contribution is 1.38. The zero-order valence-corrected chi connectivity index (χ0v) is 12.9. The Kier molecular flexibility index (Phi) is 2.80. The highest BCUT2D eigenvalue weighted by Crippen LogP contribution is 2.34. The van der Waals surface area contributed by atoms with E-state index in [1.165, 1.54) is 4.70 Å². The number of para-hydroxylation sites is 1. The quantitative estimate of drug-likeness (QED) is 0.533. The van der Waals surface area contributed by atoms with E-state index >= 15 is 0 Å². The van der Waals surface area contributed by atoms with Gasteiger partial charge in [0, 0.05) is 5.69 Å². The van der Waals surface area contributed by atoms with Gasteiger partial charge in [-0.15, -0.1) is 0 Å². The Morgan fingerprint density at radius 2 is 1.76 bits per heavy atom. The number of nitrogens with two attached hydrogens (primary N) is 1. The molecule has 0 unspecified atom stereocenters. The molecule has 0 amide bonds. The van der Waals surface area contributed by atoms with Crippen molar-refractivity contribution in [3.8, 4) is 0 Å². The Labute approximate surface area is 129 Å². The molecule has 0 aliphatic rings. The first-order chi connectivity index (χ1) is 10.2. The van der Waals surface area contributed by atoms with Gasteiger partial charge in [-0.25, -0.2) is 9.97 Å². The van der Waals surface area contributed by atoms with Gasteiger partial charge in [-0.2, -0.15) is 0 Å². The van der Waals surface area contributed by atoms with Crippen LogP contribution in [0.1, 0.15) is 5.56 Å². The van der Waals surface area contributed by atoms with Crippen molar-refractivity contribution in [2.24, 2.45) is 0 Å². The minimum atomic E-state index is 0.773. The van der Waals surface area contributed by atoms with Crippen molar-refractivity contribution >= 4 is 59.1 Å². The number of aromatic nitrogens is 2. The normalized spacial score (nSPS) is 11.3. The lowest BCUT2D eigenvalue weighted by Gasteiger charge is -1.96. The summed E-state index contributed by atoms with van der Waals surface area (Å²) in [5.74, 6) is 0. The van der Waals surface area contributed by atoms with Crippen LogP contribution in [0.4, 0.5) is 16.0 Å². The maximum Gasteiger partial charge on any atom is 0.190 e. The molecular formula is C15H12N4S2. The fourth-order valence-electron chi connectivity index (χ4n) is 2.29. The van der Waals surface area contributed by atoms with Crippen LogP contribution in [0.5, 0.6) is 0 Å². The van der Waals surface area contributed by atoms with Crippen LogP contribution in [-0.4, -0.2) is 9.97 Å². The fraction of sp³-hybridized carbons (Fsp3) is 0.0667. The molecule has 21 heavy (non-hydrogen) atoms. The predicted molar refractivity (Wildman–Crippen MR) is 91.7 cm³/mol. The summed E-state index contributed by atoms with van der Waals surface area (Å²) >= 11 is 3.22. The first-order valence-electron chi connectivity index (χ1n) is 6.48. The highest BCUT2D eigenvalue weighted by Gasteiger charge is 2.09. The van der Waals surface area contributed by atoms with Crippen LogP contribution in [0, 0.1) is 6.92 Å². The fourth-order valence-corrected chi connectivity index (χ4v) is 4.22. The van der Waals surface area contributed by atoms with E-state index < -0.39 is 0 Å². The van der Waals surface area contributed by atoms with Crippen molar-refractivity contribution in [2.45, 2.75) is 6.92 Å². The molecular weight excluding hydrogens is 300 g/mol.